The highest BCUT2D eigenvalue weighted by atomic mass is 16.5. The molecule has 1 saturated heterocycles. The first-order chi connectivity index (χ1) is 13.2. The summed E-state index contributed by atoms with van der Waals surface area (Å²) in [6.07, 6.45) is 1.41. The summed E-state index contributed by atoms with van der Waals surface area (Å²) in [7, 11) is 0. The number of hydrogen-bond donors (Lipinski definition) is 2. The van der Waals surface area contributed by atoms with Gasteiger partial charge in [-0.1, -0.05) is 6.08 Å². The lowest BCUT2D eigenvalue weighted by Crippen LogP contribution is -2.51. The van der Waals surface area contributed by atoms with Crippen molar-refractivity contribution in [1.82, 2.24) is 20.1 Å². The lowest BCUT2D eigenvalue weighted by molar-refractivity contribution is -0.122. The molecule has 8 nitrogen and oxygen atoms in total. The third kappa shape index (κ3) is 5.22. The molecule has 0 aromatic carbocycles. The fourth-order valence-electron chi connectivity index (χ4n) is 3.26. The van der Waals surface area contributed by atoms with E-state index >= 15 is 0 Å². The Hall–Kier alpha value is -2.61. The molecule has 0 aliphatic carbocycles. The molecule has 1 aromatic rings. The van der Waals surface area contributed by atoms with Crippen molar-refractivity contribution in [3.05, 3.63) is 35.2 Å². The van der Waals surface area contributed by atoms with Crippen molar-refractivity contribution in [3.63, 3.8) is 0 Å². The van der Waals surface area contributed by atoms with Crippen molar-refractivity contribution >= 4 is 17.8 Å². The lowest BCUT2D eigenvalue weighted by Gasteiger charge is -2.34. The summed E-state index contributed by atoms with van der Waals surface area (Å²) in [5.41, 5.74) is 2.09. The number of esters is 1. The van der Waals surface area contributed by atoms with Crippen LogP contribution in [0.2, 0.25) is 0 Å². The number of ether oxygens (including phenoxy) is 1. The van der Waals surface area contributed by atoms with Crippen LogP contribution in [0.4, 0.5) is 0 Å². The Balaban J connectivity index is 1.99. The van der Waals surface area contributed by atoms with Crippen LogP contribution < -0.4 is 5.32 Å². The van der Waals surface area contributed by atoms with Gasteiger partial charge in [0, 0.05) is 38.4 Å². The van der Waals surface area contributed by atoms with E-state index in [4.69, 9.17) is 4.74 Å². The van der Waals surface area contributed by atoms with Gasteiger partial charge in [-0.05, 0) is 33.3 Å². The number of carbonyl (C=O) groups is 3. The number of nitrogens with zero attached hydrogens (tertiary/aromatic N) is 2. The first kappa shape index (κ1) is 21.7. The molecule has 2 heterocycles. The van der Waals surface area contributed by atoms with Crippen LogP contribution in [0, 0.1) is 13.8 Å². The maximum Gasteiger partial charge on any atom is 0.340 e. The predicted octanol–water partition coefficient (Wildman–Crippen LogP) is 1.26. The molecule has 0 bridgehead atoms. The smallest absolute Gasteiger partial charge is 0.340 e. The van der Waals surface area contributed by atoms with E-state index in [0.717, 1.165) is 0 Å². The van der Waals surface area contributed by atoms with Gasteiger partial charge < -0.3 is 19.9 Å². The third-order valence-electron chi connectivity index (χ3n) is 4.67. The molecular formula is C20H30N4O4. The summed E-state index contributed by atoms with van der Waals surface area (Å²) < 4.78 is 5.28. The van der Waals surface area contributed by atoms with E-state index in [-0.39, 0.29) is 17.9 Å². The largest absolute Gasteiger partial charge is 0.459 e. The Morgan fingerprint density at radius 1 is 1.21 bits per heavy atom. The fraction of sp³-hybridized carbons (Fsp3) is 0.550. The van der Waals surface area contributed by atoms with Crippen LogP contribution in [0.15, 0.2) is 12.7 Å². The highest BCUT2D eigenvalue weighted by molar-refractivity contribution is 6.00. The lowest BCUT2D eigenvalue weighted by atomic mass is 10.1. The van der Waals surface area contributed by atoms with Crippen molar-refractivity contribution < 1.29 is 19.1 Å². The zero-order chi connectivity index (χ0) is 20.8. The van der Waals surface area contributed by atoms with Crippen molar-refractivity contribution in [2.24, 2.45) is 0 Å². The van der Waals surface area contributed by atoms with Crippen LogP contribution in [0.5, 0.6) is 0 Å². The van der Waals surface area contributed by atoms with Gasteiger partial charge in [0.1, 0.15) is 5.69 Å². The van der Waals surface area contributed by atoms with Crippen LogP contribution in [0.25, 0.3) is 0 Å². The highest BCUT2D eigenvalue weighted by Crippen LogP contribution is 2.21. The summed E-state index contributed by atoms with van der Waals surface area (Å²) in [6.45, 7) is 13.7. The van der Waals surface area contributed by atoms with Crippen molar-refractivity contribution in [2.45, 2.75) is 33.8 Å². The van der Waals surface area contributed by atoms with E-state index in [2.05, 4.69) is 16.9 Å². The van der Waals surface area contributed by atoms with Gasteiger partial charge in [0.2, 0.25) is 5.91 Å². The zero-order valence-electron chi connectivity index (χ0n) is 17.1. The SMILES string of the molecule is C=CCNC(=O)CN1CCN(C(=O)c2[nH]c(C)c(C(=O)OC(C)C)c2C)CC1. The Morgan fingerprint density at radius 2 is 1.86 bits per heavy atom. The minimum atomic E-state index is -0.421. The quantitative estimate of drug-likeness (QED) is 0.540. The average molecular weight is 390 g/mol. The number of nitrogens with one attached hydrogen (secondary N) is 2. The molecule has 154 valence electrons. The maximum absolute atomic E-state index is 12.9. The van der Waals surface area contributed by atoms with Gasteiger partial charge in [0.15, 0.2) is 0 Å². The zero-order valence-corrected chi connectivity index (χ0v) is 17.1. The predicted molar refractivity (Wildman–Crippen MR) is 106 cm³/mol. The van der Waals surface area contributed by atoms with Gasteiger partial charge in [-0.3, -0.25) is 14.5 Å². The first-order valence-electron chi connectivity index (χ1n) is 9.54. The molecule has 1 aliphatic heterocycles. The summed E-state index contributed by atoms with van der Waals surface area (Å²) in [6, 6.07) is 0. The number of aryl methyl sites for hydroxylation is 1. The van der Waals surface area contributed by atoms with Crippen LogP contribution in [-0.2, 0) is 9.53 Å². The molecular weight excluding hydrogens is 360 g/mol. The molecule has 0 saturated carbocycles. The van der Waals surface area contributed by atoms with Crippen molar-refractivity contribution in [1.29, 1.82) is 0 Å². The molecule has 1 aromatic heterocycles. The Morgan fingerprint density at radius 3 is 2.43 bits per heavy atom. The number of amides is 2. The maximum atomic E-state index is 12.9. The van der Waals surface area contributed by atoms with Crippen LogP contribution in [0.1, 0.15) is 46.0 Å². The second kappa shape index (κ2) is 9.54. The van der Waals surface area contributed by atoms with E-state index < -0.39 is 5.97 Å². The van der Waals surface area contributed by atoms with Gasteiger partial charge in [-0.15, -0.1) is 6.58 Å². The van der Waals surface area contributed by atoms with Crippen LogP contribution in [0.3, 0.4) is 0 Å². The van der Waals surface area contributed by atoms with E-state index in [0.29, 0.717) is 61.8 Å². The van der Waals surface area contributed by atoms with Crippen LogP contribution >= 0.6 is 0 Å². The van der Waals surface area contributed by atoms with Gasteiger partial charge >= 0.3 is 5.97 Å². The standard InChI is InChI=1S/C20H30N4O4/c1-6-7-21-16(25)12-23-8-10-24(11-9-23)19(26)18-14(4)17(15(5)22-18)20(27)28-13(2)3/h6,13,22H,1,7-12H2,2-5H3,(H,21,25). The second-order valence-electron chi connectivity index (χ2n) is 7.24. The van der Waals surface area contributed by atoms with Gasteiger partial charge in [-0.25, -0.2) is 4.79 Å². The number of aromatic amines is 1. The topological polar surface area (TPSA) is 94.7 Å². The minimum Gasteiger partial charge on any atom is -0.459 e. The summed E-state index contributed by atoms with van der Waals surface area (Å²) in [5.74, 6) is -0.612. The van der Waals surface area contributed by atoms with Gasteiger partial charge in [-0.2, -0.15) is 0 Å². The summed E-state index contributed by atoms with van der Waals surface area (Å²) in [5, 5.41) is 2.75. The van der Waals surface area contributed by atoms with Gasteiger partial charge in [0.25, 0.3) is 5.91 Å². The molecule has 0 spiro atoms. The van der Waals surface area contributed by atoms with Crippen molar-refractivity contribution in [3.8, 4) is 0 Å². The average Bonchev–Trinajstić information content (AvgIpc) is 2.93. The number of H-pyrrole nitrogens is 1. The molecule has 2 amide bonds. The van der Waals surface area contributed by atoms with E-state index in [1.807, 2.05) is 4.90 Å². The highest BCUT2D eigenvalue weighted by Gasteiger charge is 2.28. The Bertz CT molecular complexity index is 746. The number of rotatable bonds is 7. The van der Waals surface area contributed by atoms with E-state index in [1.54, 1.807) is 38.7 Å². The minimum absolute atomic E-state index is 0.0520. The molecule has 0 unspecified atom stereocenters. The molecule has 8 heteroatoms. The number of carbonyl (C=O) groups excluding carboxylic acids is 3. The molecule has 28 heavy (non-hydrogen) atoms. The molecule has 0 radical (unpaired) electrons. The molecule has 0 atom stereocenters. The second-order valence-corrected chi connectivity index (χ2v) is 7.24. The van der Waals surface area contributed by atoms with Gasteiger partial charge in [0.05, 0.1) is 18.2 Å². The molecule has 2 N–H and O–H groups in total. The van der Waals surface area contributed by atoms with Crippen LogP contribution in [-0.4, -0.2) is 77.9 Å². The normalized spacial score (nSPS) is 14.8. The van der Waals surface area contributed by atoms with E-state index in [9.17, 15) is 14.4 Å². The summed E-state index contributed by atoms with van der Waals surface area (Å²) >= 11 is 0. The first-order valence-corrected chi connectivity index (χ1v) is 9.54. The third-order valence-corrected chi connectivity index (χ3v) is 4.67. The van der Waals surface area contributed by atoms with Crippen molar-refractivity contribution in [2.75, 3.05) is 39.3 Å². The fourth-order valence-corrected chi connectivity index (χ4v) is 3.26. The summed E-state index contributed by atoms with van der Waals surface area (Å²) in [4.78, 5) is 43.9. The Kier molecular flexibility index (Phi) is 7.39. The molecule has 2 rings (SSSR count). The molecule has 1 aliphatic rings. The number of piperazine rings is 1. The monoisotopic (exact) mass is 390 g/mol. The van der Waals surface area contributed by atoms with E-state index in [1.165, 1.54) is 0 Å². The molecule has 1 fully saturated rings. The number of hydrogen-bond acceptors (Lipinski definition) is 5. The number of aromatic nitrogens is 1. The Labute approximate surface area is 165 Å².